The van der Waals surface area contributed by atoms with Gasteiger partial charge in [0.15, 0.2) is 11.9 Å². The van der Waals surface area contributed by atoms with Gasteiger partial charge in [-0.3, -0.25) is 14.4 Å². The van der Waals surface area contributed by atoms with Crippen LogP contribution in [0.15, 0.2) is 41.1 Å². The van der Waals surface area contributed by atoms with Crippen molar-refractivity contribution in [3.8, 4) is 0 Å². The Kier molecular flexibility index (Phi) is 5.91. The fourth-order valence-electron chi connectivity index (χ4n) is 1.62. The zero-order valence-corrected chi connectivity index (χ0v) is 13.4. The van der Waals surface area contributed by atoms with Gasteiger partial charge in [-0.05, 0) is 31.2 Å². The van der Waals surface area contributed by atoms with E-state index >= 15 is 0 Å². The number of carbonyl (C=O) groups excluding carboxylic acids is 3. The van der Waals surface area contributed by atoms with Crippen LogP contribution in [0.5, 0.6) is 0 Å². The van der Waals surface area contributed by atoms with Gasteiger partial charge in [0.05, 0.1) is 11.3 Å². The van der Waals surface area contributed by atoms with E-state index in [0.29, 0.717) is 5.02 Å². The number of rotatable bonds is 6. The number of furan rings is 1. The lowest BCUT2D eigenvalue weighted by atomic mass is 10.3. The molecule has 0 radical (unpaired) electrons. The van der Waals surface area contributed by atoms with Crippen LogP contribution in [-0.2, 0) is 14.3 Å². The van der Waals surface area contributed by atoms with E-state index in [1.54, 1.807) is 12.1 Å². The number of nitrogens with one attached hydrogen (secondary N) is 2. The number of hydrogen-bond acceptors (Lipinski definition) is 6. The number of hydrogen-bond donors (Lipinski definition) is 2. The lowest BCUT2D eigenvalue weighted by Gasteiger charge is -2.13. The topological polar surface area (TPSA) is 111 Å². The molecule has 24 heavy (non-hydrogen) atoms. The number of nitrogens with zero attached hydrogens (tertiary/aromatic N) is 1. The maximum absolute atomic E-state index is 11.9. The van der Waals surface area contributed by atoms with Crippen LogP contribution in [-0.4, -0.2) is 35.4 Å². The average molecular weight is 352 g/mol. The van der Waals surface area contributed by atoms with Crippen molar-refractivity contribution in [1.82, 2.24) is 10.3 Å². The number of aromatic nitrogens is 1. The number of esters is 1. The van der Waals surface area contributed by atoms with E-state index in [-0.39, 0.29) is 11.6 Å². The fourth-order valence-corrected chi connectivity index (χ4v) is 1.73. The van der Waals surface area contributed by atoms with Gasteiger partial charge in [-0.15, -0.1) is 0 Å². The SMILES string of the molecule is C[C@@H](OC(=O)CNC(=O)c1ccco1)C(=O)Nc1ccc(Cl)cn1. The normalized spacial score (nSPS) is 11.4. The molecular formula is C15H14ClN3O5. The molecule has 0 bridgehead atoms. The molecule has 0 aliphatic heterocycles. The second kappa shape index (κ2) is 8.11. The van der Waals surface area contributed by atoms with Crippen LogP contribution in [0.4, 0.5) is 5.82 Å². The van der Waals surface area contributed by atoms with E-state index < -0.39 is 30.4 Å². The van der Waals surface area contributed by atoms with Gasteiger partial charge in [0.1, 0.15) is 12.4 Å². The van der Waals surface area contributed by atoms with Crippen LogP contribution in [0, 0.1) is 0 Å². The van der Waals surface area contributed by atoms with Crippen molar-refractivity contribution >= 4 is 35.2 Å². The minimum absolute atomic E-state index is 0.0717. The highest BCUT2D eigenvalue weighted by Crippen LogP contribution is 2.10. The number of amides is 2. The number of ether oxygens (including phenoxy) is 1. The Labute approximate surface area is 142 Å². The molecule has 2 rings (SSSR count). The van der Waals surface area contributed by atoms with Crippen molar-refractivity contribution in [2.45, 2.75) is 13.0 Å². The van der Waals surface area contributed by atoms with Crippen LogP contribution < -0.4 is 10.6 Å². The lowest BCUT2D eigenvalue weighted by Crippen LogP contribution is -2.35. The zero-order chi connectivity index (χ0) is 17.5. The van der Waals surface area contributed by atoms with E-state index in [4.69, 9.17) is 20.8 Å². The predicted octanol–water partition coefficient (Wildman–Crippen LogP) is 1.63. The summed E-state index contributed by atoms with van der Waals surface area (Å²) in [5.74, 6) is -1.53. The smallest absolute Gasteiger partial charge is 0.326 e. The van der Waals surface area contributed by atoms with Crippen LogP contribution in [0.3, 0.4) is 0 Å². The molecule has 0 saturated heterocycles. The molecule has 2 amide bonds. The number of anilines is 1. The summed E-state index contributed by atoms with van der Waals surface area (Å²) in [6.07, 6.45) is 1.65. The average Bonchev–Trinajstić information content (AvgIpc) is 3.09. The molecule has 0 unspecified atom stereocenters. The highest BCUT2D eigenvalue weighted by molar-refractivity contribution is 6.30. The van der Waals surface area contributed by atoms with Crippen molar-refractivity contribution in [2.24, 2.45) is 0 Å². The first kappa shape index (κ1) is 17.5. The standard InChI is InChI=1S/C15H14ClN3O5/c1-9(14(21)19-12-5-4-10(16)7-17-12)24-13(20)8-18-15(22)11-3-2-6-23-11/h2-7,9H,8H2,1H3,(H,18,22)(H,17,19,21)/t9-/m1/s1. The van der Waals surface area contributed by atoms with Gasteiger partial charge >= 0.3 is 5.97 Å². The first-order chi connectivity index (χ1) is 11.5. The van der Waals surface area contributed by atoms with Crippen molar-refractivity contribution in [1.29, 1.82) is 0 Å². The molecule has 9 heteroatoms. The largest absolute Gasteiger partial charge is 0.459 e. The second-order valence-electron chi connectivity index (χ2n) is 4.64. The fraction of sp³-hybridized carbons (Fsp3) is 0.200. The van der Waals surface area contributed by atoms with Crippen LogP contribution in [0.25, 0.3) is 0 Å². The maximum Gasteiger partial charge on any atom is 0.326 e. The molecule has 126 valence electrons. The van der Waals surface area contributed by atoms with Crippen molar-refractivity contribution in [3.63, 3.8) is 0 Å². The van der Waals surface area contributed by atoms with Crippen LogP contribution in [0.2, 0.25) is 5.02 Å². The Balaban J connectivity index is 1.77. The third-order valence-electron chi connectivity index (χ3n) is 2.79. The molecule has 8 nitrogen and oxygen atoms in total. The first-order valence-corrected chi connectivity index (χ1v) is 7.27. The van der Waals surface area contributed by atoms with Gasteiger partial charge in [-0.1, -0.05) is 11.6 Å². The van der Waals surface area contributed by atoms with Crippen LogP contribution in [0.1, 0.15) is 17.5 Å². The summed E-state index contributed by atoms with van der Waals surface area (Å²) in [5, 5.41) is 5.22. The second-order valence-corrected chi connectivity index (χ2v) is 5.08. The Hall–Kier alpha value is -2.87. The zero-order valence-electron chi connectivity index (χ0n) is 12.6. The van der Waals surface area contributed by atoms with Gasteiger partial charge in [0.25, 0.3) is 11.8 Å². The molecule has 0 spiro atoms. The Morgan fingerprint density at radius 1 is 1.33 bits per heavy atom. The summed E-state index contributed by atoms with van der Waals surface area (Å²) < 4.78 is 9.80. The summed E-state index contributed by atoms with van der Waals surface area (Å²) >= 11 is 5.69. The number of pyridine rings is 1. The molecule has 0 aromatic carbocycles. The summed E-state index contributed by atoms with van der Waals surface area (Å²) in [5.41, 5.74) is 0. The van der Waals surface area contributed by atoms with Gasteiger partial charge in [0, 0.05) is 6.20 Å². The van der Waals surface area contributed by atoms with Crippen molar-refractivity contribution < 1.29 is 23.5 Å². The van der Waals surface area contributed by atoms with Gasteiger partial charge in [-0.2, -0.15) is 0 Å². The Bertz CT molecular complexity index is 715. The molecule has 2 aromatic heterocycles. The highest BCUT2D eigenvalue weighted by atomic mass is 35.5. The molecule has 0 fully saturated rings. The molecular weight excluding hydrogens is 338 g/mol. The molecule has 0 aliphatic rings. The summed E-state index contributed by atoms with van der Waals surface area (Å²) in [4.78, 5) is 39.0. The molecule has 0 saturated carbocycles. The van der Waals surface area contributed by atoms with E-state index in [2.05, 4.69) is 15.6 Å². The predicted molar refractivity (Wildman–Crippen MR) is 84.5 cm³/mol. The summed E-state index contributed by atoms with van der Waals surface area (Å²) in [6.45, 7) is 1.01. The Morgan fingerprint density at radius 3 is 2.75 bits per heavy atom. The van der Waals surface area contributed by atoms with E-state index in [9.17, 15) is 14.4 Å². The molecule has 2 aromatic rings. The van der Waals surface area contributed by atoms with E-state index in [1.807, 2.05) is 0 Å². The van der Waals surface area contributed by atoms with E-state index in [1.165, 1.54) is 31.5 Å². The molecule has 2 N–H and O–H groups in total. The van der Waals surface area contributed by atoms with Crippen molar-refractivity contribution in [2.75, 3.05) is 11.9 Å². The number of halogens is 1. The quantitative estimate of drug-likeness (QED) is 0.765. The first-order valence-electron chi connectivity index (χ1n) is 6.89. The number of carbonyl (C=O) groups is 3. The van der Waals surface area contributed by atoms with Gasteiger partial charge < -0.3 is 19.8 Å². The lowest BCUT2D eigenvalue weighted by molar-refractivity contribution is -0.152. The molecule has 1 atom stereocenters. The third-order valence-corrected chi connectivity index (χ3v) is 3.02. The van der Waals surface area contributed by atoms with Gasteiger partial charge in [0.2, 0.25) is 0 Å². The minimum atomic E-state index is -1.06. The van der Waals surface area contributed by atoms with Crippen LogP contribution >= 0.6 is 11.6 Å². The van der Waals surface area contributed by atoms with Crippen molar-refractivity contribution in [3.05, 3.63) is 47.5 Å². The van der Waals surface area contributed by atoms with Gasteiger partial charge in [-0.25, -0.2) is 4.98 Å². The minimum Gasteiger partial charge on any atom is -0.459 e. The highest BCUT2D eigenvalue weighted by Gasteiger charge is 2.19. The third kappa shape index (κ3) is 5.10. The summed E-state index contributed by atoms with van der Waals surface area (Å²) in [7, 11) is 0. The molecule has 0 aliphatic carbocycles. The Morgan fingerprint density at radius 2 is 2.12 bits per heavy atom. The monoisotopic (exact) mass is 351 g/mol. The molecule has 2 heterocycles. The van der Waals surface area contributed by atoms with E-state index in [0.717, 1.165) is 0 Å². The maximum atomic E-state index is 11.9. The summed E-state index contributed by atoms with van der Waals surface area (Å²) in [6, 6.07) is 6.07.